The highest BCUT2D eigenvalue weighted by Crippen LogP contribution is 2.45. The average molecular weight is 373 g/mol. The van der Waals surface area contributed by atoms with Crippen molar-refractivity contribution in [3.63, 3.8) is 0 Å². The number of hydrogen-bond donors (Lipinski definition) is 1. The smallest absolute Gasteiger partial charge is 0.138 e. The molecular formula is C21H31N3O3. The Hall–Kier alpha value is -1.63. The van der Waals surface area contributed by atoms with Crippen molar-refractivity contribution in [2.75, 3.05) is 32.8 Å². The third kappa shape index (κ3) is 3.84. The number of aliphatic hydroxyl groups is 1. The summed E-state index contributed by atoms with van der Waals surface area (Å²) in [5, 5.41) is 14.2. The lowest BCUT2D eigenvalue weighted by Gasteiger charge is -2.51. The highest BCUT2D eigenvalue weighted by Gasteiger charge is 2.44. The van der Waals surface area contributed by atoms with Gasteiger partial charge >= 0.3 is 0 Å². The molecule has 4 rings (SSSR count). The van der Waals surface area contributed by atoms with Gasteiger partial charge in [0.15, 0.2) is 0 Å². The third-order valence-electron chi connectivity index (χ3n) is 6.89. The van der Waals surface area contributed by atoms with Crippen LogP contribution in [0.1, 0.15) is 41.8 Å². The Morgan fingerprint density at radius 2 is 1.89 bits per heavy atom. The first kappa shape index (κ1) is 18.7. The van der Waals surface area contributed by atoms with Crippen LogP contribution in [0.5, 0.6) is 0 Å². The van der Waals surface area contributed by atoms with Gasteiger partial charge in [-0.1, -0.05) is 5.16 Å². The van der Waals surface area contributed by atoms with Crippen LogP contribution in [0, 0.1) is 25.2 Å². The first-order valence-electron chi connectivity index (χ1n) is 10.1. The van der Waals surface area contributed by atoms with Crippen LogP contribution in [0.2, 0.25) is 0 Å². The van der Waals surface area contributed by atoms with Crippen molar-refractivity contribution < 1.29 is 14.0 Å². The molecule has 0 saturated carbocycles. The van der Waals surface area contributed by atoms with Crippen molar-refractivity contribution in [3.8, 4) is 0 Å². The second kappa shape index (κ2) is 7.78. The first-order chi connectivity index (χ1) is 13.1. The third-order valence-corrected chi connectivity index (χ3v) is 6.89. The SMILES string of the molecule is Cc1noc(C)c1CN1CCC2(CC1)CCN(Cc1ccoc1)C[C@H]2CO. The Kier molecular flexibility index (Phi) is 5.39. The molecule has 0 aliphatic carbocycles. The molecule has 2 aliphatic rings. The lowest BCUT2D eigenvalue weighted by molar-refractivity contribution is -0.0450. The molecule has 4 heterocycles. The zero-order valence-corrected chi connectivity index (χ0v) is 16.5. The maximum atomic E-state index is 10.1. The number of likely N-dealkylation sites (tertiary alicyclic amines) is 2. The van der Waals surface area contributed by atoms with E-state index in [1.807, 2.05) is 26.2 Å². The number of hydrogen-bond acceptors (Lipinski definition) is 6. The summed E-state index contributed by atoms with van der Waals surface area (Å²) < 4.78 is 10.5. The molecule has 6 heteroatoms. The van der Waals surface area contributed by atoms with Crippen LogP contribution in [-0.2, 0) is 13.1 Å². The molecule has 27 heavy (non-hydrogen) atoms. The van der Waals surface area contributed by atoms with Gasteiger partial charge in [0.1, 0.15) is 5.76 Å². The Morgan fingerprint density at radius 3 is 2.48 bits per heavy atom. The molecule has 1 atom stereocenters. The molecule has 0 unspecified atom stereocenters. The Labute approximate surface area is 161 Å². The molecule has 6 nitrogen and oxygen atoms in total. The highest BCUT2D eigenvalue weighted by atomic mass is 16.5. The number of piperidine rings is 2. The minimum Gasteiger partial charge on any atom is -0.472 e. The summed E-state index contributed by atoms with van der Waals surface area (Å²) in [6, 6.07) is 2.03. The van der Waals surface area contributed by atoms with E-state index in [9.17, 15) is 5.11 Å². The molecule has 2 aliphatic heterocycles. The van der Waals surface area contributed by atoms with Crippen LogP contribution in [0.15, 0.2) is 27.5 Å². The number of furan rings is 1. The maximum Gasteiger partial charge on any atom is 0.138 e. The molecule has 1 spiro atoms. The molecule has 148 valence electrons. The van der Waals surface area contributed by atoms with E-state index in [2.05, 4.69) is 15.0 Å². The number of aryl methyl sites for hydroxylation is 2. The van der Waals surface area contributed by atoms with Gasteiger partial charge in [-0.05, 0) is 64.2 Å². The van der Waals surface area contributed by atoms with Crippen molar-refractivity contribution in [3.05, 3.63) is 41.2 Å². The molecule has 2 fully saturated rings. The zero-order valence-electron chi connectivity index (χ0n) is 16.5. The first-order valence-corrected chi connectivity index (χ1v) is 10.1. The fourth-order valence-electron chi connectivity index (χ4n) is 4.98. The summed E-state index contributed by atoms with van der Waals surface area (Å²) in [7, 11) is 0. The number of nitrogens with zero attached hydrogens (tertiary/aromatic N) is 3. The summed E-state index contributed by atoms with van der Waals surface area (Å²) in [6.07, 6.45) is 7.07. The van der Waals surface area contributed by atoms with Crippen LogP contribution in [0.25, 0.3) is 0 Å². The fourth-order valence-corrected chi connectivity index (χ4v) is 4.98. The second-order valence-corrected chi connectivity index (χ2v) is 8.44. The quantitative estimate of drug-likeness (QED) is 0.869. The van der Waals surface area contributed by atoms with Crippen molar-refractivity contribution in [1.82, 2.24) is 15.0 Å². The van der Waals surface area contributed by atoms with Crippen LogP contribution in [0.3, 0.4) is 0 Å². The number of rotatable bonds is 5. The van der Waals surface area contributed by atoms with E-state index in [0.717, 1.165) is 50.7 Å². The highest BCUT2D eigenvalue weighted by molar-refractivity contribution is 5.20. The molecule has 0 bridgehead atoms. The summed E-state index contributed by atoms with van der Waals surface area (Å²) in [4.78, 5) is 4.98. The van der Waals surface area contributed by atoms with Crippen LogP contribution in [-0.4, -0.2) is 52.8 Å². The Bertz CT molecular complexity index is 712. The molecule has 2 aromatic rings. The summed E-state index contributed by atoms with van der Waals surface area (Å²) in [5.74, 6) is 1.30. The Morgan fingerprint density at radius 1 is 1.15 bits per heavy atom. The number of aliphatic hydroxyl groups excluding tert-OH is 1. The van der Waals surface area contributed by atoms with Gasteiger partial charge in [-0.3, -0.25) is 9.80 Å². The lowest BCUT2D eigenvalue weighted by Crippen LogP contribution is -2.53. The van der Waals surface area contributed by atoms with Crippen LogP contribution in [0.4, 0.5) is 0 Å². The van der Waals surface area contributed by atoms with Gasteiger partial charge in [0.25, 0.3) is 0 Å². The predicted octanol–water partition coefficient (Wildman–Crippen LogP) is 2.98. The van der Waals surface area contributed by atoms with E-state index in [4.69, 9.17) is 8.94 Å². The molecular weight excluding hydrogens is 342 g/mol. The van der Waals surface area contributed by atoms with Crippen molar-refractivity contribution in [1.29, 1.82) is 0 Å². The van der Waals surface area contributed by atoms with Crippen molar-refractivity contribution in [2.24, 2.45) is 11.3 Å². The normalized spacial score (nSPS) is 23.9. The standard InChI is InChI=1S/C21H31N3O3/c1-16-20(17(2)27-22-16)13-23-7-4-21(5-8-23)6-9-24(12-19(21)14-25)11-18-3-10-26-15-18/h3,10,15,19,25H,4-9,11-14H2,1-2H3/t19-/m0/s1. The van der Waals surface area contributed by atoms with E-state index in [1.54, 1.807) is 6.26 Å². The predicted molar refractivity (Wildman–Crippen MR) is 102 cm³/mol. The van der Waals surface area contributed by atoms with Gasteiger partial charge in [0.2, 0.25) is 0 Å². The average Bonchev–Trinajstić information content (AvgIpc) is 3.30. The molecule has 0 amide bonds. The second-order valence-electron chi connectivity index (χ2n) is 8.44. The van der Waals surface area contributed by atoms with Gasteiger partial charge in [0, 0.05) is 43.3 Å². The minimum atomic E-state index is 0.283. The fraction of sp³-hybridized carbons (Fsp3) is 0.667. The van der Waals surface area contributed by atoms with Gasteiger partial charge < -0.3 is 14.0 Å². The summed E-state index contributed by atoms with van der Waals surface area (Å²) in [6.45, 7) is 10.4. The zero-order chi connectivity index (χ0) is 18.9. The maximum absolute atomic E-state index is 10.1. The van der Waals surface area contributed by atoms with Crippen molar-refractivity contribution >= 4 is 0 Å². The summed E-state index contributed by atoms with van der Waals surface area (Å²) in [5.41, 5.74) is 3.75. The van der Waals surface area contributed by atoms with E-state index < -0.39 is 0 Å². The van der Waals surface area contributed by atoms with Crippen LogP contribution >= 0.6 is 0 Å². The molecule has 1 N–H and O–H groups in total. The lowest BCUT2D eigenvalue weighted by atomic mass is 9.64. The Balaban J connectivity index is 1.35. The van der Waals surface area contributed by atoms with Gasteiger partial charge in [0.05, 0.1) is 18.2 Å². The van der Waals surface area contributed by atoms with E-state index in [-0.39, 0.29) is 12.0 Å². The molecule has 0 aromatic carbocycles. The van der Waals surface area contributed by atoms with Gasteiger partial charge in [-0.15, -0.1) is 0 Å². The van der Waals surface area contributed by atoms with Crippen LogP contribution < -0.4 is 0 Å². The topological polar surface area (TPSA) is 65.9 Å². The van der Waals surface area contributed by atoms with E-state index in [0.29, 0.717) is 5.92 Å². The molecule has 0 radical (unpaired) electrons. The van der Waals surface area contributed by atoms with E-state index >= 15 is 0 Å². The van der Waals surface area contributed by atoms with Crippen molar-refractivity contribution in [2.45, 2.75) is 46.2 Å². The van der Waals surface area contributed by atoms with E-state index in [1.165, 1.54) is 30.4 Å². The minimum absolute atomic E-state index is 0.283. The monoisotopic (exact) mass is 373 g/mol. The summed E-state index contributed by atoms with van der Waals surface area (Å²) >= 11 is 0. The molecule has 2 saturated heterocycles. The van der Waals surface area contributed by atoms with Gasteiger partial charge in [-0.2, -0.15) is 0 Å². The molecule has 2 aromatic heterocycles. The largest absolute Gasteiger partial charge is 0.472 e. The van der Waals surface area contributed by atoms with Gasteiger partial charge in [-0.25, -0.2) is 0 Å². The number of aromatic nitrogens is 1.